The standard InChI is InChI=1S/C32H26N2O2/c1-2-34(30-16-8-13-24-10-4-6-15-29(24)30)32(36)26-17-20-27(21-18-26)33-31(35)22-19-25-12-7-11-23-9-3-5-14-28(23)25/h3-22H,2H2,1H3,(H,33,35)/b22-19+. The van der Waals surface area contributed by atoms with Gasteiger partial charge in [-0.15, -0.1) is 0 Å². The highest BCUT2D eigenvalue weighted by molar-refractivity contribution is 6.11. The van der Waals surface area contributed by atoms with Gasteiger partial charge < -0.3 is 10.2 Å². The summed E-state index contributed by atoms with van der Waals surface area (Å²) in [5.41, 5.74) is 3.07. The number of hydrogen-bond donors (Lipinski definition) is 1. The minimum absolute atomic E-state index is 0.0809. The Morgan fingerprint density at radius 1 is 0.722 bits per heavy atom. The molecule has 0 fully saturated rings. The number of anilines is 2. The largest absolute Gasteiger partial charge is 0.323 e. The number of benzene rings is 5. The highest BCUT2D eigenvalue weighted by Crippen LogP contribution is 2.28. The molecule has 36 heavy (non-hydrogen) atoms. The van der Waals surface area contributed by atoms with Crippen LogP contribution in [0, 0.1) is 0 Å². The second-order valence-electron chi connectivity index (χ2n) is 8.52. The number of rotatable bonds is 6. The molecule has 1 N–H and O–H groups in total. The molecule has 5 aromatic carbocycles. The van der Waals surface area contributed by atoms with Gasteiger partial charge in [-0.05, 0) is 65.1 Å². The number of hydrogen-bond acceptors (Lipinski definition) is 2. The fraction of sp³-hybridized carbons (Fsp3) is 0.0625. The van der Waals surface area contributed by atoms with Gasteiger partial charge in [0, 0.05) is 29.3 Å². The van der Waals surface area contributed by atoms with Crippen LogP contribution in [-0.4, -0.2) is 18.4 Å². The first-order chi connectivity index (χ1) is 17.6. The van der Waals surface area contributed by atoms with Crippen molar-refractivity contribution in [2.75, 3.05) is 16.8 Å². The quantitative estimate of drug-likeness (QED) is 0.265. The Kier molecular flexibility index (Phi) is 6.59. The smallest absolute Gasteiger partial charge is 0.258 e. The zero-order chi connectivity index (χ0) is 24.9. The molecule has 0 heterocycles. The van der Waals surface area contributed by atoms with Gasteiger partial charge in [-0.25, -0.2) is 0 Å². The number of nitrogens with one attached hydrogen (secondary N) is 1. The van der Waals surface area contributed by atoms with Crippen molar-refractivity contribution in [2.45, 2.75) is 6.92 Å². The Balaban J connectivity index is 1.30. The second kappa shape index (κ2) is 10.3. The Labute approximate surface area is 210 Å². The van der Waals surface area contributed by atoms with Gasteiger partial charge in [0.15, 0.2) is 0 Å². The number of carbonyl (C=O) groups excluding carboxylic acids is 2. The number of nitrogens with zero attached hydrogens (tertiary/aromatic N) is 1. The molecule has 176 valence electrons. The van der Waals surface area contributed by atoms with E-state index in [1.54, 1.807) is 29.2 Å². The molecule has 4 heteroatoms. The third-order valence-electron chi connectivity index (χ3n) is 6.26. The van der Waals surface area contributed by atoms with E-state index < -0.39 is 0 Å². The second-order valence-corrected chi connectivity index (χ2v) is 8.52. The summed E-state index contributed by atoms with van der Waals surface area (Å²) in [6.07, 6.45) is 3.35. The summed E-state index contributed by atoms with van der Waals surface area (Å²) in [6.45, 7) is 2.51. The van der Waals surface area contributed by atoms with E-state index in [1.165, 1.54) is 6.08 Å². The van der Waals surface area contributed by atoms with Gasteiger partial charge in [0.25, 0.3) is 5.91 Å². The summed E-state index contributed by atoms with van der Waals surface area (Å²) in [5.74, 6) is -0.310. The van der Waals surface area contributed by atoms with Crippen molar-refractivity contribution >= 4 is 50.8 Å². The van der Waals surface area contributed by atoms with Gasteiger partial charge in [-0.1, -0.05) is 78.9 Å². The normalized spacial score (nSPS) is 11.1. The van der Waals surface area contributed by atoms with Crippen LogP contribution in [0.3, 0.4) is 0 Å². The van der Waals surface area contributed by atoms with E-state index in [2.05, 4.69) is 17.4 Å². The first kappa shape index (κ1) is 23.1. The molecule has 0 atom stereocenters. The lowest BCUT2D eigenvalue weighted by Crippen LogP contribution is -2.30. The van der Waals surface area contributed by atoms with Crippen LogP contribution >= 0.6 is 0 Å². The van der Waals surface area contributed by atoms with Gasteiger partial charge >= 0.3 is 0 Å². The average Bonchev–Trinajstić information content (AvgIpc) is 2.93. The molecule has 5 aromatic rings. The molecule has 0 spiro atoms. The van der Waals surface area contributed by atoms with Crippen molar-refractivity contribution in [1.82, 2.24) is 0 Å². The Morgan fingerprint density at radius 2 is 1.33 bits per heavy atom. The average molecular weight is 471 g/mol. The molecule has 0 aliphatic carbocycles. The van der Waals surface area contributed by atoms with E-state index in [0.29, 0.717) is 17.8 Å². The highest BCUT2D eigenvalue weighted by Gasteiger charge is 2.18. The predicted molar refractivity (Wildman–Crippen MR) is 149 cm³/mol. The maximum atomic E-state index is 13.3. The SMILES string of the molecule is CCN(C(=O)c1ccc(NC(=O)/C=C/c2cccc3ccccc23)cc1)c1cccc2ccccc12. The molecule has 0 aliphatic heterocycles. The predicted octanol–water partition coefficient (Wildman–Crippen LogP) is 7.31. The first-order valence-corrected chi connectivity index (χ1v) is 12.0. The summed E-state index contributed by atoms with van der Waals surface area (Å²) in [7, 11) is 0. The van der Waals surface area contributed by atoms with Crippen molar-refractivity contribution < 1.29 is 9.59 Å². The summed E-state index contributed by atoms with van der Waals surface area (Å²) >= 11 is 0. The molecule has 0 bridgehead atoms. The van der Waals surface area contributed by atoms with Gasteiger partial charge in [0.2, 0.25) is 5.91 Å². The monoisotopic (exact) mass is 470 g/mol. The summed E-state index contributed by atoms with van der Waals surface area (Å²) in [5, 5.41) is 7.23. The Bertz CT molecular complexity index is 1580. The maximum absolute atomic E-state index is 13.3. The van der Waals surface area contributed by atoms with E-state index in [0.717, 1.165) is 32.8 Å². The van der Waals surface area contributed by atoms with Crippen LogP contribution in [0.2, 0.25) is 0 Å². The van der Waals surface area contributed by atoms with E-state index >= 15 is 0 Å². The van der Waals surface area contributed by atoms with Crippen molar-refractivity contribution in [2.24, 2.45) is 0 Å². The van der Waals surface area contributed by atoms with Gasteiger partial charge in [0.1, 0.15) is 0 Å². The minimum atomic E-state index is -0.229. The zero-order valence-electron chi connectivity index (χ0n) is 20.0. The van der Waals surface area contributed by atoms with E-state index in [4.69, 9.17) is 0 Å². The molecule has 2 amide bonds. The minimum Gasteiger partial charge on any atom is -0.323 e. The molecule has 5 rings (SSSR count). The van der Waals surface area contributed by atoms with E-state index in [1.807, 2.05) is 85.8 Å². The van der Waals surface area contributed by atoms with Crippen LogP contribution in [0.5, 0.6) is 0 Å². The van der Waals surface area contributed by atoms with Crippen LogP contribution in [-0.2, 0) is 4.79 Å². The number of amides is 2. The summed E-state index contributed by atoms with van der Waals surface area (Å²) in [4.78, 5) is 27.7. The third-order valence-corrected chi connectivity index (χ3v) is 6.26. The Morgan fingerprint density at radius 3 is 2.06 bits per heavy atom. The topological polar surface area (TPSA) is 49.4 Å². The molecular weight excluding hydrogens is 444 g/mol. The highest BCUT2D eigenvalue weighted by atomic mass is 16.2. The lowest BCUT2D eigenvalue weighted by atomic mass is 10.0. The zero-order valence-corrected chi connectivity index (χ0v) is 20.0. The molecule has 0 saturated carbocycles. The lowest BCUT2D eigenvalue weighted by Gasteiger charge is -2.23. The summed E-state index contributed by atoms with van der Waals surface area (Å²) in [6, 6.07) is 35.2. The van der Waals surface area contributed by atoms with Gasteiger partial charge in [-0.3, -0.25) is 9.59 Å². The molecule has 0 aromatic heterocycles. The fourth-order valence-electron chi connectivity index (χ4n) is 4.46. The fourth-order valence-corrected chi connectivity index (χ4v) is 4.46. The molecule has 0 unspecified atom stereocenters. The molecule has 0 aliphatic rings. The molecule has 0 saturated heterocycles. The number of carbonyl (C=O) groups is 2. The summed E-state index contributed by atoms with van der Waals surface area (Å²) < 4.78 is 0. The van der Waals surface area contributed by atoms with Crippen LogP contribution in [0.4, 0.5) is 11.4 Å². The van der Waals surface area contributed by atoms with Crippen LogP contribution in [0.15, 0.2) is 115 Å². The lowest BCUT2D eigenvalue weighted by molar-refractivity contribution is -0.111. The van der Waals surface area contributed by atoms with Crippen molar-refractivity contribution in [3.63, 3.8) is 0 Å². The van der Waals surface area contributed by atoms with Crippen molar-refractivity contribution in [1.29, 1.82) is 0 Å². The molecular formula is C32H26N2O2. The van der Waals surface area contributed by atoms with Crippen LogP contribution in [0.1, 0.15) is 22.8 Å². The van der Waals surface area contributed by atoms with Crippen molar-refractivity contribution in [3.05, 3.63) is 126 Å². The molecule has 0 radical (unpaired) electrons. The Hall–Kier alpha value is -4.70. The van der Waals surface area contributed by atoms with Gasteiger partial charge in [0.05, 0.1) is 5.69 Å². The van der Waals surface area contributed by atoms with E-state index in [9.17, 15) is 9.59 Å². The van der Waals surface area contributed by atoms with E-state index in [-0.39, 0.29) is 11.8 Å². The third kappa shape index (κ3) is 4.75. The van der Waals surface area contributed by atoms with Gasteiger partial charge in [-0.2, -0.15) is 0 Å². The number of fused-ring (bicyclic) bond motifs is 2. The van der Waals surface area contributed by atoms with Crippen LogP contribution < -0.4 is 10.2 Å². The first-order valence-electron chi connectivity index (χ1n) is 12.0. The van der Waals surface area contributed by atoms with Crippen molar-refractivity contribution in [3.8, 4) is 0 Å². The maximum Gasteiger partial charge on any atom is 0.258 e. The molecule has 4 nitrogen and oxygen atoms in total. The van der Waals surface area contributed by atoms with Crippen LogP contribution in [0.25, 0.3) is 27.6 Å².